The monoisotopic (exact) mass is 465 g/mol. The number of esters is 1. The Morgan fingerprint density at radius 1 is 1.38 bits per heavy atom. The Morgan fingerprint density at radius 2 is 2.09 bits per heavy atom. The SMILES string of the molecule is [C-]#[N+]C(C#N)C1[C@@H](C=C=C)C2CCC([C@H]1Cc1ccc(C(=O)OCC)o1)N2C(=O)OC(C)(C)C. The number of hydrogen-bond donors (Lipinski definition) is 0. The van der Waals surface area contributed by atoms with Gasteiger partial charge in [0.1, 0.15) is 11.4 Å². The summed E-state index contributed by atoms with van der Waals surface area (Å²) < 4.78 is 16.5. The Bertz CT molecular complexity index is 1040. The molecule has 1 aromatic rings. The molecular formula is C26H31N3O5. The molecule has 2 aliphatic rings. The van der Waals surface area contributed by atoms with Crippen LogP contribution in [-0.4, -0.2) is 47.3 Å². The predicted octanol–water partition coefficient (Wildman–Crippen LogP) is 4.78. The number of piperidine rings is 1. The van der Waals surface area contributed by atoms with Crippen molar-refractivity contribution in [2.75, 3.05) is 6.61 Å². The lowest BCUT2D eigenvalue weighted by molar-refractivity contribution is -0.0263. The van der Waals surface area contributed by atoms with E-state index in [1.54, 1.807) is 30.0 Å². The van der Waals surface area contributed by atoms with Crippen molar-refractivity contribution in [1.82, 2.24) is 4.90 Å². The largest absolute Gasteiger partial charge is 0.460 e. The van der Waals surface area contributed by atoms with Crippen LogP contribution in [0.2, 0.25) is 0 Å². The molecule has 0 spiro atoms. The Kier molecular flexibility index (Phi) is 7.54. The quantitative estimate of drug-likeness (QED) is 0.341. The van der Waals surface area contributed by atoms with Crippen LogP contribution in [0.3, 0.4) is 0 Å². The van der Waals surface area contributed by atoms with Crippen LogP contribution in [0.25, 0.3) is 4.85 Å². The molecule has 0 saturated carbocycles. The molecule has 180 valence electrons. The molecule has 2 saturated heterocycles. The summed E-state index contributed by atoms with van der Waals surface area (Å²) >= 11 is 0. The highest BCUT2D eigenvalue weighted by molar-refractivity contribution is 5.86. The summed E-state index contributed by atoms with van der Waals surface area (Å²) in [7, 11) is 0. The number of hydrogen-bond acceptors (Lipinski definition) is 6. The van der Waals surface area contributed by atoms with Gasteiger partial charge in [0, 0.05) is 24.4 Å². The van der Waals surface area contributed by atoms with Crippen molar-refractivity contribution in [1.29, 1.82) is 5.26 Å². The molecule has 0 radical (unpaired) electrons. The molecule has 1 amide bonds. The minimum absolute atomic E-state index is 0.0991. The number of nitriles is 1. The van der Waals surface area contributed by atoms with Gasteiger partial charge in [-0.05, 0) is 64.7 Å². The second-order valence-electron chi connectivity index (χ2n) is 9.68. The molecule has 2 bridgehead atoms. The lowest BCUT2D eigenvalue weighted by Crippen LogP contribution is -2.58. The second-order valence-corrected chi connectivity index (χ2v) is 9.68. The minimum atomic E-state index is -0.900. The fourth-order valence-corrected chi connectivity index (χ4v) is 5.36. The number of carbonyl (C=O) groups excluding carboxylic acids is 2. The Labute approximate surface area is 200 Å². The maximum atomic E-state index is 13.2. The smallest absolute Gasteiger partial charge is 0.410 e. The molecule has 1 aromatic heterocycles. The number of fused-ring (bicyclic) bond motifs is 2. The maximum Gasteiger partial charge on any atom is 0.410 e. The summed E-state index contributed by atoms with van der Waals surface area (Å²) in [6.07, 6.45) is 3.17. The van der Waals surface area contributed by atoms with Crippen LogP contribution in [0, 0.1) is 35.7 Å². The molecule has 8 heteroatoms. The van der Waals surface area contributed by atoms with E-state index < -0.39 is 23.7 Å². The second kappa shape index (κ2) is 10.2. The van der Waals surface area contributed by atoms with Crippen molar-refractivity contribution in [3.8, 4) is 6.07 Å². The third-order valence-electron chi connectivity index (χ3n) is 6.48. The van der Waals surface area contributed by atoms with Gasteiger partial charge in [-0.2, -0.15) is 5.26 Å². The average molecular weight is 466 g/mol. The van der Waals surface area contributed by atoms with Crippen molar-refractivity contribution in [3.63, 3.8) is 0 Å². The van der Waals surface area contributed by atoms with Crippen molar-refractivity contribution >= 4 is 12.1 Å². The van der Waals surface area contributed by atoms with E-state index in [2.05, 4.69) is 23.2 Å². The number of nitrogens with zero attached hydrogens (tertiary/aromatic N) is 3. The van der Waals surface area contributed by atoms with Crippen LogP contribution in [-0.2, 0) is 15.9 Å². The van der Waals surface area contributed by atoms with Gasteiger partial charge in [0.15, 0.2) is 6.07 Å². The van der Waals surface area contributed by atoms with Crippen LogP contribution in [0.5, 0.6) is 0 Å². The number of carbonyl (C=O) groups is 2. The Morgan fingerprint density at radius 3 is 2.68 bits per heavy atom. The first-order valence-electron chi connectivity index (χ1n) is 11.5. The van der Waals surface area contributed by atoms with Gasteiger partial charge in [0.2, 0.25) is 5.76 Å². The van der Waals surface area contributed by atoms with Crippen molar-refractivity contribution in [2.24, 2.45) is 17.8 Å². The number of ether oxygens (including phenoxy) is 2. The van der Waals surface area contributed by atoms with Crippen LogP contribution in [0.1, 0.15) is 56.9 Å². The van der Waals surface area contributed by atoms with Gasteiger partial charge in [0.05, 0.1) is 12.5 Å². The zero-order valence-electron chi connectivity index (χ0n) is 20.1. The zero-order chi connectivity index (χ0) is 25.0. The molecular weight excluding hydrogens is 434 g/mol. The van der Waals surface area contributed by atoms with Crippen molar-refractivity contribution in [3.05, 3.63) is 53.5 Å². The summed E-state index contributed by atoms with van der Waals surface area (Å²) in [5, 5.41) is 9.80. The first-order chi connectivity index (χ1) is 16.1. The van der Waals surface area contributed by atoms with Crippen molar-refractivity contribution in [2.45, 2.75) is 70.7 Å². The molecule has 0 aliphatic carbocycles. The molecule has 0 N–H and O–H groups in total. The highest BCUT2D eigenvalue weighted by Crippen LogP contribution is 2.50. The fourth-order valence-electron chi connectivity index (χ4n) is 5.36. The van der Waals surface area contributed by atoms with Gasteiger partial charge in [-0.25, -0.2) is 16.2 Å². The van der Waals surface area contributed by atoms with E-state index in [-0.39, 0.29) is 42.2 Å². The summed E-state index contributed by atoms with van der Waals surface area (Å²) in [6.45, 7) is 18.8. The van der Waals surface area contributed by atoms with Gasteiger partial charge in [-0.1, -0.05) is 6.58 Å². The summed E-state index contributed by atoms with van der Waals surface area (Å²) in [4.78, 5) is 30.7. The van der Waals surface area contributed by atoms with E-state index in [0.29, 0.717) is 18.6 Å². The Balaban J connectivity index is 2.02. The van der Waals surface area contributed by atoms with E-state index in [1.165, 1.54) is 0 Å². The molecule has 8 nitrogen and oxygen atoms in total. The van der Waals surface area contributed by atoms with E-state index in [4.69, 9.17) is 20.5 Å². The van der Waals surface area contributed by atoms with Crippen LogP contribution >= 0.6 is 0 Å². The molecule has 6 atom stereocenters. The number of rotatable bonds is 6. The van der Waals surface area contributed by atoms with Crippen molar-refractivity contribution < 1.29 is 23.5 Å². The number of furan rings is 1. The molecule has 34 heavy (non-hydrogen) atoms. The van der Waals surface area contributed by atoms with E-state index in [9.17, 15) is 14.9 Å². The standard InChI is InChI=1S/C26H31N3O5/c1-7-9-17-20-11-12-21(29(20)25(31)34-26(3,4)5)18(23(17)19(15-27)28-6)14-16-10-13-22(33-16)24(30)32-8-2/h9-10,13,17-21,23H,1,8,11-12,14H2,2-5H3/t17-,18+,19?,20?,21?,23?/m0/s1. The number of amides is 1. The first-order valence-corrected chi connectivity index (χ1v) is 11.5. The van der Waals surface area contributed by atoms with Crippen LogP contribution in [0.4, 0.5) is 4.79 Å². The lowest BCUT2D eigenvalue weighted by atomic mass is 9.68. The van der Waals surface area contributed by atoms with E-state index in [0.717, 1.165) is 6.42 Å². The van der Waals surface area contributed by atoms with E-state index >= 15 is 0 Å². The maximum absolute atomic E-state index is 13.2. The van der Waals surface area contributed by atoms with Crippen LogP contribution in [0.15, 0.2) is 34.9 Å². The summed E-state index contributed by atoms with van der Waals surface area (Å²) in [5.74, 6) is -0.816. The summed E-state index contributed by atoms with van der Waals surface area (Å²) in [5.41, 5.74) is 2.17. The normalized spacial score (nSPS) is 26.5. The molecule has 2 aliphatic heterocycles. The molecule has 3 heterocycles. The zero-order valence-corrected chi connectivity index (χ0v) is 20.1. The first kappa shape index (κ1) is 25.1. The van der Waals surface area contributed by atoms with Gasteiger partial charge in [-0.3, -0.25) is 4.85 Å². The third-order valence-corrected chi connectivity index (χ3v) is 6.48. The molecule has 2 fully saturated rings. The van der Waals surface area contributed by atoms with Gasteiger partial charge in [0.25, 0.3) is 0 Å². The van der Waals surface area contributed by atoms with Crippen LogP contribution < -0.4 is 0 Å². The average Bonchev–Trinajstić information content (AvgIpc) is 3.38. The lowest BCUT2D eigenvalue weighted by Gasteiger charge is -2.47. The van der Waals surface area contributed by atoms with Gasteiger partial charge >= 0.3 is 18.1 Å². The highest BCUT2D eigenvalue weighted by atomic mass is 16.6. The predicted molar refractivity (Wildman–Crippen MR) is 123 cm³/mol. The molecule has 3 rings (SSSR count). The minimum Gasteiger partial charge on any atom is -0.460 e. The highest BCUT2D eigenvalue weighted by Gasteiger charge is 2.58. The summed E-state index contributed by atoms with van der Waals surface area (Å²) in [6, 6.07) is 4.09. The van der Waals surface area contributed by atoms with Gasteiger partial charge in [-0.15, -0.1) is 5.73 Å². The molecule has 4 unspecified atom stereocenters. The van der Waals surface area contributed by atoms with E-state index in [1.807, 2.05) is 20.8 Å². The third kappa shape index (κ3) is 5.03. The Hall–Kier alpha value is -3.48. The molecule has 0 aromatic carbocycles. The van der Waals surface area contributed by atoms with Gasteiger partial charge < -0.3 is 18.8 Å². The topological polar surface area (TPSA) is 97.1 Å². The fraction of sp³-hybridized carbons (Fsp3) is 0.577.